The van der Waals surface area contributed by atoms with Gasteiger partial charge in [0.25, 0.3) is 5.56 Å². The summed E-state index contributed by atoms with van der Waals surface area (Å²) in [6.07, 6.45) is 3.59. The summed E-state index contributed by atoms with van der Waals surface area (Å²) in [5.74, 6) is 0.337. The van der Waals surface area contributed by atoms with E-state index in [9.17, 15) is 9.90 Å². The van der Waals surface area contributed by atoms with Crippen molar-refractivity contribution >= 4 is 17.3 Å². The fourth-order valence-corrected chi connectivity index (χ4v) is 2.13. The standard InChI is InChI=1S/C13H20ClN3O2/c1-9(2)6-17-12(19)11(14)10(5-16-17)15-7-13(8-18)3-4-13/h5,9,15,18H,3-4,6-8H2,1-2H3. The highest BCUT2D eigenvalue weighted by Gasteiger charge is 2.41. The number of aromatic nitrogens is 2. The van der Waals surface area contributed by atoms with Gasteiger partial charge in [-0.25, -0.2) is 4.68 Å². The summed E-state index contributed by atoms with van der Waals surface area (Å²) in [7, 11) is 0. The molecule has 0 saturated heterocycles. The molecule has 0 amide bonds. The molecule has 2 rings (SSSR count). The van der Waals surface area contributed by atoms with Crippen molar-refractivity contribution in [1.29, 1.82) is 0 Å². The minimum atomic E-state index is -0.269. The van der Waals surface area contributed by atoms with Crippen molar-refractivity contribution in [3.63, 3.8) is 0 Å². The number of nitrogens with one attached hydrogen (secondary N) is 1. The molecular formula is C13H20ClN3O2. The number of halogens is 1. The summed E-state index contributed by atoms with van der Waals surface area (Å²) < 4.78 is 1.39. The summed E-state index contributed by atoms with van der Waals surface area (Å²) in [6, 6.07) is 0. The van der Waals surface area contributed by atoms with Crippen LogP contribution in [0.25, 0.3) is 0 Å². The highest BCUT2D eigenvalue weighted by Crippen LogP contribution is 2.45. The zero-order valence-corrected chi connectivity index (χ0v) is 12.1. The van der Waals surface area contributed by atoms with Gasteiger partial charge < -0.3 is 10.4 Å². The molecule has 5 nitrogen and oxygen atoms in total. The van der Waals surface area contributed by atoms with Crippen LogP contribution < -0.4 is 10.9 Å². The van der Waals surface area contributed by atoms with Gasteiger partial charge in [0, 0.05) is 18.5 Å². The van der Waals surface area contributed by atoms with Crippen LogP contribution in [-0.4, -0.2) is 28.0 Å². The molecule has 1 aliphatic carbocycles. The van der Waals surface area contributed by atoms with Crippen LogP contribution in [0.2, 0.25) is 5.02 Å². The van der Waals surface area contributed by atoms with Gasteiger partial charge in [-0.15, -0.1) is 0 Å². The van der Waals surface area contributed by atoms with Crippen LogP contribution in [0.15, 0.2) is 11.0 Å². The number of aliphatic hydroxyl groups is 1. The fraction of sp³-hybridized carbons (Fsp3) is 0.692. The Bertz CT molecular complexity index is 509. The minimum absolute atomic E-state index is 0.0316. The van der Waals surface area contributed by atoms with Gasteiger partial charge in [0.2, 0.25) is 0 Å². The van der Waals surface area contributed by atoms with Gasteiger partial charge in [-0.3, -0.25) is 4.79 Å². The Hall–Kier alpha value is -1.07. The maximum atomic E-state index is 12.0. The summed E-state index contributed by atoms with van der Waals surface area (Å²) in [5, 5.41) is 16.7. The van der Waals surface area contributed by atoms with E-state index in [0.717, 1.165) is 12.8 Å². The first kappa shape index (κ1) is 14.3. The lowest BCUT2D eigenvalue weighted by molar-refractivity contribution is 0.220. The Balaban J connectivity index is 2.10. The lowest BCUT2D eigenvalue weighted by atomic mass is 10.1. The van der Waals surface area contributed by atoms with E-state index in [-0.39, 0.29) is 22.6 Å². The largest absolute Gasteiger partial charge is 0.396 e. The molecule has 1 fully saturated rings. The quantitative estimate of drug-likeness (QED) is 0.835. The summed E-state index contributed by atoms with van der Waals surface area (Å²) in [5.41, 5.74) is 0.247. The SMILES string of the molecule is CC(C)Cn1ncc(NCC2(CO)CC2)c(Cl)c1=O. The third-order valence-electron chi connectivity index (χ3n) is 3.47. The first-order valence-corrected chi connectivity index (χ1v) is 6.95. The van der Waals surface area contributed by atoms with Gasteiger partial charge >= 0.3 is 0 Å². The molecule has 0 unspecified atom stereocenters. The predicted octanol–water partition coefficient (Wildman–Crippen LogP) is 1.74. The predicted molar refractivity (Wildman–Crippen MR) is 75.6 cm³/mol. The maximum absolute atomic E-state index is 12.0. The van der Waals surface area contributed by atoms with E-state index in [2.05, 4.69) is 10.4 Å². The Morgan fingerprint density at radius 2 is 2.26 bits per heavy atom. The van der Waals surface area contributed by atoms with E-state index in [1.165, 1.54) is 4.68 Å². The van der Waals surface area contributed by atoms with Crippen molar-refractivity contribution in [2.24, 2.45) is 11.3 Å². The Labute approximate surface area is 117 Å². The van der Waals surface area contributed by atoms with Crippen LogP contribution >= 0.6 is 11.6 Å². The van der Waals surface area contributed by atoms with Gasteiger partial charge in [0.15, 0.2) is 0 Å². The Morgan fingerprint density at radius 1 is 1.58 bits per heavy atom. The lowest BCUT2D eigenvalue weighted by Gasteiger charge is -2.15. The maximum Gasteiger partial charge on any atom is 0.287 e. The Morgan fingerprint density at radius 3 is 2.79 bits per heavy atom. The number of aliphatic hydroxyl groups excluding tert-OH is 1. The van der Waals surface area contributed by atoms with E-state index in [4.69, 9.17) is 11.6 Å². The second-order valence-electron chi connectivity index (χ2n) is 5.77. The first-order valence-electron chi connectivity index (χ1n) is 6.58. The van der Waals surface area contributed by atoms with Gasteiger partial charge in [-0.2, -0.15) is 5.10 Å². The molecule has 2 N–H and O–H groups in total. The van der Waals surface area contributed by atoms with Crippen molar-refractivity contribution in [2.75, 3.05) is 18.5 Å². The highest BCUT2D eigenvalue weighted by atomic mass is 35.5. The van der Waals surface area contributed by atoms with E-state index < -0.39 is 0 Å². The van der Waals surface area contributed by atoms with E-state index in [1.807, 2.05) is 13.8 Å². The molecule has 6 heteroatoms. The number of hydrogen-bond donors (Lipinski definition) is 2. The zero-order chi connectivity index (χ0) is 14.0. The Kier molecular flexibility index (Phi) is 4.16. The second-order valence-corrected chi connectivity index (χ2v) is 6.14. The molecule has 1 aliphatic rings. The molecule has 0 radical (unpaired) electrons. The van der Waals surface area contributed by atoms with Gasteiger partial charge in [0.05, 0.1) is 18.5 Å². The third-order valence-corrected chi connectivity index (χ3v) is 3.83. The number of nitrogens with zero attached hydrogens (tertiary/aromatic N) is 2. The van der Waals surface area contributed by atoms with E-state index in [1.54, 1.807) is 6.20 Å². The van der Waals surface area contributed by atoms with Gasteiger partial charge in [0.1, 0.15) is 5.02 Å². The van der Waals surface area contributed by atoms with Crippen LogP contribution in [0, 0.1) is 11.3 Å². The number of anilines is 1. The second kappa shape index (κ2) is 5.51. The van der Waals surface area contributed by atoms with Crippen molar-refractivity contribution in [1.82, 2.24) is 9.78 Å². The fourth-order valence-electron chi connectivity index (χ4n) is 1.91. The zero-order valence-electron chi connectivity index (χ0n) is 11.3. The van der Waals surface area contributed by atoms with Gasteiger partial charge in [-0.1, -0.05) is 25.4 Å². The van der Waals surface area contributed by atoms with Crippen LogP contribution in [0.3, 0.4) is 0 Å². The number of hydrogen-bond acceptors (Lipinski definition) is 4. The molecule has 1 aromatic rings. The highest BCUT2D eigenvalue weighted by molar-refractivity contribution is 6.32. The molecule has 0 atom stereocenters. The topological polar surface area (TPSA) is 67.2 Å². The van der Waals surface area contributed by atoms with Crippen LogP contribution in [0.1, 0.15) is 26.7 Å². The molecule has 0 aromatic carbocycles. The third kappa shape index (κ3) is 3.28. The number of rotatable bonds is 6. The molecule has 0 aliphatic heterocycles. The summed E-state index contributed by atoms with van der Waals surface area (Å²) in [6.45, 7) is 5.38. The molecule has 106 valence electrons. The van der Waals surface area contributed by atoms with Crippen molar-refractivity contribution in [3.8, 4) is 0 Å². The smallest absolute Gasteiger partial charge is 0.287 e. The monoisotopic (exact) mass is 285 g/mol. The molecule has 1 saturated carbocycles. The lowest BCUT2D eigenvalue weighted by Crippen LogP contribution is -2.27. The van der Waals surface area contributed by atoms with Crippen LogP contribution in [0.4, 0.5) is 5.69 Å². The average molecular weight is 286 g/mol. The van der Waals surface area contributed by atoms with Gasteiger partial charge in [-0.05, 0) is 18.8 Å². The molecule has 1 heterocycles. The minimum Gasteiger partial charge on any atom is -0.396 e. The molecule has 0 bridgehead atoms. The van der Waals surface area contributed by atoms with Crippen LogP contribution in [0.5, 0.6) is 0 Å². The van der Waals surface area contributed by atoms with Crippen molar-refractivity contribution in [3.05, 3.63) is 21.6 Å². The van der Waals surface area contributed by atoms with E-state index >= 15 is 0 Å². The first-order chi connectivity index (χ1) is 8.97. The summed E-state index contributed by atoms with van der Waals surface area (Å²) >= 11 is 6.08. The molecular weight excluding hydrogens is 266 g/mol. The van der Waals surface area contributed by atoms with Crippen LogP contribution in [-0.2, 0) is 6.54 Å². The molecule has 0 spiro atoms. The van der Waals surface area contributed by atoms with E-state index in [0.29, 0.717) is 24.7 Å². The molecule has 1 aromatic heterocycles. The molecule has 19 heavy (non-hydrogen) atoms. The average Bonchev–Trinajstić information content (AvgIpc) is 3.14. The van der Waals surface area contributed by atoms with Crippen molar-refractivity contribution in [2.45, 2.75) is 33.2 Å². The van der Waals surface area contributed by atoms with Crippen molar-refractivity contribution < 1.29 is 5.11 Å². The summed E-state index contributed by atoms with van der Waals surface area (Å²) in [4.78, 5) is 12.0. The normalized spacial score (nSPS) is 16.7.